The molecule has 0 radical (unpaired) electrons. The van der Waals surface area contributed by atoms with Gasteiger partial charge in [-0.25, -0.2) is 9.18 Å². The molecule has 0 spiro atoms. The van der Waals surface area contributed by atoms with Gasteiger partial charge in [-0.3, -0.25) is 14.8 Å². The Hall–Kier alpha value is -3.16. The number of hydrogen-bond donors (Lipinski definition) is 3. The summed E-state index contributed by atoms with van der Waals surface area (Å²) in [6.45, 7) is 5.50. The molecule has 146 valence electrons. The van der Waals surface area contributed by atoms with Crippen molar-refractivity contribution in [2.45, 2.75) is 45.7 Å². The molecule has 1 unspecified atom stereocenters. The van der Waals surface area contributed by atoms with Gasteiger partial charge in [-0.05, 0) is 57.9 Å². The molecule has 1 aromatic carbocycles. The summed E-state index contributed by atoms with van der Waals surface area (Å²) in [6.07, 6.45) is 1.85. The van der Waals surface area contributed by atoms with Crippen LogP contribution in [-0.4, -0.2) is 33.1 Å². The lowest BCUT2D eigenvalue weighted by Gasteiger charge is -2.36. The average Bonchev–Trinajstić information content (AvgIpc) is 3.41. The zero-order valence-electron chi connectivity index (χ0n) is 16.0. The lowest BCUT2D eigenvalue weighted by atomic mass is 9.92. The number of H-pyrrole nitrogens is 1. The number of nitrogens with zero attached hydrogens (tertiary/aromatic N) is 2. The lowest BCUT2D eigenvalue weighted by molar-refractivity contribution is -0.113. The van der Waals surface area contributed by atoms with Gasteiger partial charge in [-0.1, -0.05) is 0 Å². The molecule has 3 amide bonds. The number of allylic oxidation sites excluding steroid dienone is 1. The highest BCUT2D eigenvalue weighted by Crippen LogP contribution is 2.39. The van der Waals surface area contributed by atoms with E-state index in [0.717, 1.165) is 29.8 Å². The van der Waals surface area contributed by atoms with Gasteiger partial charge in [0.15, 0.2) is 0 Å². The molecule has 2 aliphatic rings. The lowest BCUT2D eigenvalue weighted by Crippen LogP contribution is -2.49. The number of amides is 3. The highest BCUT2D eigenvalue weighted by molar-refractivity contribution is 6.06. The fraction of sp³-hybridized carbons (Fsp3) is 0.350. The normalized spacial score (nSPS) is 19.6. The maximum atomic E-state index is 13.2. The molecule has 1 saturated carbocycles. The van der Waals surface area contributed by atoms with Crippen molar-refractivity contribution in [2.24, 2.45) is 0 Å². The average molecular weight is 383 g/mol. The Kier molecular flexibility index (Phi) is 4.41. The summed E-state index contributed by atoms with van der Waals surface area (Å²) in [5.74, 6) is -0.708. The van der Waals surface area contributed by atoms with E-state index in [-0.39, 0.29) is 23.8 Å². The van der Waals surface area contributed by atoms with Crippen molar-refractivity contribution < 1.29 is 14.0 Å². The van der Waals surface area contributed by atoms with Crippen LogP contribution in [0.15, 0.2) is 35.5 Å². The smallest absolute Gasteiger partial charge is 0.322 e. The number of aromatic amines is 1. The maximum Gasteiger partial charge on any atom is 0.322 e. The van der Waals surface area contributed by atoms with Gasteiger partial charge in [-0.2, -0.15) is 5.10 Å². The Balaban J connectivity index is 1.76. The molecule has 28 heavy (non-hydrogen) atoms. The van der Waals surface area contributed by atoms with Crippen LogP contribution in [0.5, 0.6) is 0 Å². The molecule has 4 rings (SSSR count). The number of rotatable bonds is 4. The van der Waals surface area contributed by atoms with Crippen molar-refractivity contribution in [2.75, 3.05) is 5.32 Å². The van der Waals surface area contributed by atoms with Gasteiger partial charge in [-0.15, -0.1) is 0 Å². The maximum absolute atomic E-state index is 13.2. The van der Waals surface area contributed by atoms with E-state index in [1.807, 2.05) is 13.8 Å². The molecule has 1 aliphatic carbocycles. The summed E-state index contributed by atoms with van der Waals surface area (Å²) in [7, 11) is 0. The molecule has 1 aromatic heterocycles. The molecular formula is C20H22FN5O2. The van der Waals surface area contributed by atoms with Crippen LogP contribution >= 0.6 is 0 Å². The largest absolute Gasteiger partial charge is 0.326 e. The van der Waals surface area contributed by atoms with E-state index < -0.39 is 6.04 Å². The van der Waals surface area contributed by atoms with Gasteiger partial charge in [0.1, 0.15) is 5.82 Å². The molecule has 2 aromatic rings. The highest BCUT2D eigenvalue weighted by atomic mass is 19.1. The van der Waals surface area contributed by atoms with Crippen LogP contribution < -0.4 is 10.6 Å². The molecule has 1 fully saturated rings. The Morgan fingerprint density at radius 2 is 1.89 bits per heavy atom. The molecule has 1 atom stereocenters. The van der Waals surface area contributed by atoms with Gasteiger partial charge in [0, 0.05) is 28.7 Å². The number of hydrogen-bond acceptors (Lipinski definition) is 3. The van der Waals surface area contributed by atoms with E-state index >= 15 is 0 Å². The quantitative estimate of drug-likeness (QED) is 0.757. The molecule has 2 heterocycles. The number of carbonyl (C=O) groups is 2. The first-order valence-corrected chi connectivity index (χ1v) is 9.25. The first-order valence-electron chi connectivity index (χ1n) is 9.25. The molecule has 0 bridgehead atoms. The summed E-state index contributed by atoms with van der Waals surface area (Å²) in [5, 5.41) is 12.9. The van der Waals surface area contributed by atoms with Crippen LogP contribution in [0.4, 0.5) is 14.9 Å². The molecule has 3 N–H and O–H groups in total. The molecule has 8 heteroatoms. The van der Waals surface area contributed by atoms with Gasteiger partial charge < -0.3 is 10.6 Å². The zero-order chi connectivity index (χ0) is 20.0. The summed E-state index contributed by atoms with van der Waals surface area (Å²) >= 11 is 0. The number of nitrogens with one attached hydrogen (secondary N) is 3. The number of aromatic nitrogens is 2. The first-order chi connectivity index (χ1) is 13.4. The molecular weight excluding hydrogens is 361 g/mol. The van der Waals surface area contributed by atoms with Crippen molar-refractivity contribution in [3.8, 4) is 0 Å². The van der Waals surface area contributed by atoms with Crippen molar-refractivity contribution in [1.29, 1.82) is 0 Å². The number of urea groups is 1. The van der Waals surface area contributed by atoms with Crippen LogP contribution in [-0.2, 0) is 4.79 Å². The number of anilines is 1. The van der Waals surface area contributed by atoms with Crippen LogP contribution in [0.25, 0.3) is 0 Å². The van der Waals surface area contributed by atoms with Gasteiger partial charge in [0.05, 0.1) is 17.3 Å². The van der Waals surface area contributed by atoms with Crippen LogP contribution in [0.1, 0.15) is 42.8 Å². The van der Waals surface area contributed by atoms with Crippen LogP contribution in [0.2, 0.25) is 0 Å². The fourth-order valence-electron chi connectivity index (χ4n) is 3.76. The van der Waals surface area contributed by atoms with E-state index in [1.165, 1.54) is 24.3 Å². The second-order valence-corrected chi connectivity index (χ2v) is 7.29. The third kappa shape index (κ3) is 3.15. The molecule has 1 aliphatic heterocycles. The highest BCUT2D eigenvalue weighted by Gasteiger charge is 2.43. The number of benzene rings is 1. The van der Waals surface area contributed by atoms with Crippen LogP contribution in [0, 0.1) is 19.7 Å². The second kappa shape index (κ2) is 6.78. The number of carbonyl (C=O) groups excluding carboxylic acids is 2. The van der Waals surface area contributed by atoms with Gasteiger partial charge >= 0.3 is 6.03 Å². The predicted octanol–water partition coefficient (Wildman–Crippen LogP) is 3.31. The van der Waals surface area contributed by atoms with Crippen molar-refractivity contribution in [3.63, 3.8) is 0 Å². The minimum Gasteiger partial charge on any atom is -0.326 e. The monoisotopic (exact) mass is 383 g/mol. The van der Waals surface area contributed by atoms with Crippen molar-refractivity contribution in [1.82, 2.24) is 20.4 Å². The molecule has 7 nitrogen and oxygen atoms in total. The Morgan fingerprint density at radius 3 is 2.46 bits per heavy atom. The Morgan fingerprint density at radius 1 is 1.21 bits per heavy atom. The second-order valence-electron chi connectivity index (χ2n) is 7.29. The number of aryl methyl sites for hydroxylation is 2. The fourth-order valence-corrected chi connectivity index (χ4v) is 3.76. The minimum absolute atomic E-state index is 0.126. The van der Waals surface area contributed by atoms with E-state index in [9.17, 15) is 14.0 Å². The predicted molar refractivity (Wildman–Crippen MR) is 102 cm³/mol. The topological polar surface area (TPSA) is 90.1 Å². The van der Waals surface area contributed by atoms with E-state index in [1.54, 1.807) is 11.8 Å². The number of halogens is 1. The van der Waals surface area contributed by atoms with Gasteiger partial charge in [0.25, 0.3) is 5.91 Å². The Bertz CT molecular complexity index is 955. The standard InChI is InChI=1S/C20H22FN5O2/c1-10-16(11(2)25-24-10)18-17(12(3)26(15-8-9-15)20(28)23-18)19(27)22-14-6-4-13(21)5-7-14/h4-7,15,18H,8-9H2,1-3H3,(H,22,27)(H,23,28)(H,24,25). The SMILES string of the molecule is CC1=C(C(=O)Nc2ccc(F)cc2)C(c2c(C)n[nH]c2C)NC(=O)N1C1CC1. The first kappa shape index (κ1) is 18.2. The van der Waals surface area contributed by atoms with Crippen LogP contribution in [0.3, 0.4) is 0 Å². The zero-order valence-corrected chi connectivity index (χ0v) is 16.0. The van der Waals surface area contributed by atoms with E-state index in [0.29, 0.717) is 17.0 Å². The van der Waals surface area contributed by atoms with Crippen molar-refractivity contribution >= 4 is 17.6 Å². The van der Waals surface area contributed by atoms with Gasteiger partial charge in [0.2, 0.25) is 0 Å². The molecule has 0 saturated heterocycles. The third-order valence-corrected chi connectivity index (χ3v) is 5.26. The third-order valence-electron chi connectivity index (χ3n) is 5.26. The Labute approximate surface area is 162 Å². The minimum atomic E-state index is -0.610. The summed E-state index contributed by atoms with van der Waals surface area (Å²) in [5.41, 5.74) is 3.89. The van der Waals surface area contributed by atoms with E-state index in [2.05, 4.69) is 20.8 Å². The van der Waals surface area contributed by atoms with E-state index in [4.69, 9.17) is 0 Å². The summed E-state index contributed by atoms with van der Waals surface area (Å²) in [4.78, 5) is 27.6. The summed E-state index contributed by atoms with van der Waals surface area (Å²) < 4.78 is 13.2. The summed E-state index contributed by atoms with van der Waals surface area (Å²) in [6, 6.07) is 4.90. The van der Waals surface area contributed by atoms with Crippen molar-refractivity contribution in [3.05, 3.63) is 58.3 Å².